The van der Waals surface area contributed by atoms with Crippen LogP contribution in [0.5, 0.6) is 0 Å². The Morgan fingerprint density at radius 3 is 1.68 bits per heavy atom. The van der Waals surface area contributed by atoms with Gasteiger partial charge in [0.1, 0.15) is 5.78 Å². The van der Waals surface area contributed by atoms with Gasteiger partial charge in [-0.25, -0.2) is 0 Å². The fourth-order valence-corrected chi connectivity index (χ4v) is 7.70. The van der Waals surface area contributed by atoms with E-state index in [0.29, 0.717) is 45.4 Å². The molecule has 1 aliphatic heterocycles. The van der Waals surface area contributed by atoms with E-state index in [1.165, 1.54) is 6.92 Å². The summed E-state index contributed by atoms with van der Waals surface area (Å²) in [5, 5.41) is 49.8. The number of hydrogen-bond donors (Lipinski definition) is 8. The summed E-state index contributed by atoms with van der Waals surface area (Å²) < 4.78 is 0. The van der Waals surface area contributed by atoms with Crippen molar-refractivity contribution in [3.63, 3.8) is 0 Å². The van der Waals surface area contributed by atoms with Gasteiger partial charge in [-0.05, 0) is 48.5 Å². The van der Waals surface area contributed by atoms with Crippen molar-refractivity contribution in [1.82, 2.24) is 35.6 Å². The molecule has 0 bridgehead atoms. The molecule has 1 fully saturated rings. The number of carboxylic acid groups (broad SMARTS) is 4. The molecule has 366 valence electrons. The number of benzene rings is 1. The highest BCUT2D eigenvalue weighted by Crippen LogP contribution is 2.22. The number of hydrogen-bond acceptors (Lipinski definition) is 15. The van der Waals surface area contributed by atoms with E-state index < -0.39 is 41.8 Å². The van der Waals surface area contributed by atoms with Gasteiger partial charge in [-0.2, -0.15) is 11.8 Å². The van der Waals surface area contributed by atoms with Crippen molar-refractivity contribution in [2.24, 2.45) is 17.8 Å². The molecule has 2 rings (SSSR count). The second-order valence-corrected chi connectivity index (χ2v) is 17.7. The number of aliphatic carboxylic acids is 4. The molecule has 1 aliphatic rings. The van der Waals surface area contributed by atoms with E-state index in [1.54, 1.807) is 26.5 Å². The number of amides is 2. The van der Waals surface area contributed by atoms with Gasteiger partial charge in [-0.1, -0.05) is 39.3 Å². The molecule has 1 heterocycles. The second-order valence-electron chi connectivity index (χ2n) is 16.7. The van der Waals surface area contributed by atoms with Crippen LogP contribution in [0.15, 0.2) is 24.3 Å². The minimum absolute atomic E-state index is 0.00331. The first-order chi connectivity index (χ1) is 30.9. The molecule has 0 radical (unpaired) electrons. The second kappa shape index (κ2) is 31.3. The fourth-order valence-electron chi connectivity index (χ4n) is 7.23. The topological polar surface area (TPSA) is 279 Å². The third-order valence-corrected chi connectivity index (χ3v) is 12.1. The van der Waals surface area contributed by atoms with E-state index in [0.717, 1.165) is 17.0 Å². The maximum Gasteiger partial charge on any atom is 0.317 e. The Morgan fingerprint density at radius 2 is 1.22 bits per heavy atom. The van der Waals surface area contributed by atoms with Crippen molar-refractivity contribution in [3.05, 3.63) is 29.8 Å². The number of anilines is 1. The first kappa shape index (κ1) is 56.5. The Hall–Kier alpha value is -4.67. The fraction of sp³-hybridized carbons (Fsp3) is 0.682. The zero-order chi connectivity index (χ0) is 48.3. The molecule has 20 nitrogen and oxygen atoms in total. The summed E-state index contributed by atoms with van der Waals surface area (Å²) in [5.41, 5.74) is 1.61. The van der Waals surface area contributed by atoms with Crippen LogP contribution >= 0.6 is 11.8 Å². The highest BCUT2D eigenvalue weighted by atomic mass is 32.2. The Kier molecular flexibility index (Phi) is 27.2. The van der Waals surface area contributed by atoms with Crippen molar-refractivity contribution >= 4 is 64.7 Å². The lowest BCUT2D eigenvalue weighted by molar-refractivity contribution is -0.143. The third-order valence-electron chi connectivity index (χ3n) is 11.4. The van der Waals surface area contributed by atoms with Gasteiger partial charge in [0, 0.05) is 96.3 Å². The number of nitrogens with zero attached hydrogens (tertiary/aromatic N) is 4. The minimum atomic E-state index is -1.03. The van der Waals surface area contributed by atoms with E-state index >= 15 is 0 Å². The van der Waals surface area contributed by atoms with Gasteiger partial charge in [-0.3, -0.25) is 63.3 Å². The lowest BCUT2D eigenvalue weighted by Crippen LogP contribution is -2.49. The molecule has 0 saturated carbocycles. The average Bonchev–Trinajstić information content (AvgIpc) is 3.24. The maximum absolute atomic E-state index is 13.7. The Labute approximate surface area is 386 Å². The smallest absolute Gasteiger partial charge is 0.317 e. The molecule has 21 heteroatoms. The summed E-state index contributed by atoms with van der Waals surface area (Å²) in [6.45, 7) is 7.77. The molecule has 0 aliphatic carbocycles. The zero-order valence-corrected chi connectivity index (χ0v) is 39.2. The summed E-state index contributed by atoms with van der Waals surface area (Å²) in [4.78, 5) is 105. The number of nitrogens with one attached hydrogen (secondary N) is 4. The molecular weight excluding hydrogens is 865 g/mol. The van der Waals surface area contributed by atoms with Gasteiger partial charge in [0.15, 0.2) is 5.78 Å². The normalized spacial score (nSPS) is 16.7. The molecule has 1 unspecified atom stereocenters. The standard InChI is InChI=1S/C44H72N8O12S/c1-5-31(2)36(43(62)45-13-6-7-35(53)23-32(3)44(63)64)24-38(54)37(12-22-65-4)48-30-47-34-10-8-33(9-11-34)25-46-39(55)26-49-14-16-50(27-40(56)57)18-20-52(29-42(60)61)21-19-51(17-15-49)28-41(58)59/h8-11,31-32,36-37,47-48H,5-7,12-30H2,1-4H3,(H,45,62)(H,46,55)(H,56,57)(H,58,59)(H,60,61)(H,63,64)/t31-,32?,36-,37-/m0/s1. The number of thioether (sulfide) groups is 1. The SMILES string of the molecule is CC[C@H](C)[C@H](CC(=O)[C@H](CCSC)NCNc1ccc(CNC(=O)CN2CCN(CC(=O)O)CCN(CC(=O)O)CCN(CC(=O)O)CC2)cc1)C(=O)NCCCC(=O)CC(C)C(=O)O. The van der Waals surface area contributed by atoms with Crippen LogP contribution in [0.25, 0.3) is 0 Å². The first-order valence-corrected chi connectivity index (χ1v) is 23.7. The van der Waals surface area contributed by atoms with Crippen LogP contribution in [0.2, 0.25) is 0 Å². The van der Waals surface area contributed by atoms with Crippen molar-refractivity contribution < 1.29 is 58.8 Å². The summed E-state index contributed by atoms with van der Waals surface area (Å²) >= 11 is 1.62. The molecule has 8 N–H and O–H groups in total. The van der Waals surface area contributed by atoms with Crippen molar-refractivity contribution in [2.45, 2.75) is 71.9 Å². The predicted octanol–water partition coefficient (Wildman–Crippen LogP) is 1.06. The van der Waals surface area contributed by atoms with Gasteiger partial charge in [-0.15, -0.1) is 0 Å². The zero-order valence-electron chi connectivity index (χ0n) is 38.4. The number of rotatable bonds is 30. The van der Waals surface area contributed by atoms with E-state index in [4.69, 9.17) is 5.11 Å². The van der Waals surface area contributed by atoms with E-state index in [9.17, 15) is 53.7 Å². The number of Topliss-reactive ketones (excluding diaryl/α,β-unsaturated/α-hetero) is 2. The number of carbonyl (C=O) groups is 8. The van der Waals surface area contributed by atoms with E-state index in [1.807, 2.05) is 49.3 Å². The molecule has 2 amide bonds. The van der Waals surface area contributed by atoms with Crippen molar-refractivity contribution in [3.8, 4) is 0 Å². The molecule has 4 atom stereocenters. The van der Waals surface area contributed by atoms with E-state index in [-0.39, 0.29) is 121 Å². The van der Waals surface area contributed by atoms with E-state index in [2.05, 4.69) is 21.3 Å². The minimum Gasteiger partial charge on any atom is -0.481 e. The van der Waals surface area contributed by atoms with Crippen molar-refractivity contribution in [1.29, 1.82) is 0 Å². The number of carboxylic acids is 4. The summed E-state index contributed by atoms with van der Waals surface area (Å²) in [7, 11) is 0. The van der Waals surface area contributed by atoms with Gasteiger partial charge in [0.2, 0.25) is 11.8 Å². The van der Waals surface area contributed by atoms with Crippen LogP contribution in [-0.4, -0.2) is 197 Å². The van der Waals surface area contributed by atoms with Crippen LogP contribution in [0, 0.1) is 17.8 Å². The van der Waals surface area contributed by atoms with Crippen molar-refractivity contribution in [2.75, 3.05) is 109 Å². The Bertz CT molecular complexity index is 1660. The molecule has 0 aromatic heterocycles. The van der Waals surface area contributed by atoms with Crippen LogP contribution in [0.4, 0.5) is 5.69 Å². The monoisotopic (exact) mass is 936 g/mol. The Morgan fingerprint density at radius 1 is 0.708 bits per heavy atom. The highest BCUT2D eigenvalue weighted by molar-refractivity contribution is 7.98. The Balaban J connectivity index is 1.95. The lowest BCUT2D eigenvalue weighted by Gasteiger charge is -2.32. The van der Waals surface area contributed by atoms with Crippen LogP contribution < -0.4 is 21.3 Å². The largest absolute Gasteiger partial charge is 0.481 e. The molecule has 65 heavy (non-hydrogen) atoms. The summed E-state index contributed by atoms with van der Waals surface area (Å²) in [6, 6.07) is 6.93. The average molecular weight is 937 g/mol. The van der Waals surface area contributed by atoms with Gasteiger partial charge < -0.3 is 36.4 Å². The number of ketones is 2. The van der Waals surface area contributed by atoms with Gasteiger partial charge in [0.05, 0.1) is 44.8 Å². The highest BCUT2D eigenvalue weighted by Gasteiger charge is 2.30. The number of carbonyl (C=O) groups excluding carboxylic acids is 4. The lowest BCUT2D eigenvalue weighted by atomic mass is 9.85. The quantitative estimate of drug-likeness (QED) is 0.0396. The summed E-state index contributed by atoms with van der Waals surface area (Å²) in [6.07, 6.45) is 3.77. The molecule has 1 aromatic carbocycles. The predicted molar refractivity (Wildman–Crippen MR) is 247 cm³/mol. The van der Waals surface area contributed by atoms with Crippen LogP contribution in [-0.2, 0) is 44.9 Å². The summed E-state index contributed by atoms with van der Waals surface area (Å²) in [5.74, 6) is -5.50. The third kappa shape index (κ3) is 24.4. The maximum atomic E-state index is 13.7. The van der Waals surface area contributed by atoms with Gasteiger partial charge in [0.25, 0.3) is 0 Å². The van der Waals surface area contributed by atoms with Crippen LogP contribution in [0.1, 0.15) is 64.9 Å². The van der Waals surface area contributed by atoms with Gasteiger partial charge >= 0.3 is 23.9 Å². The molecule has 1 saturated heterocycles. The first-order valence-electron chi connectivity index (χ1n) is 22.3. The molecule has 0 spiro atoms. The van der Waals surface area contributed by atoms with Crippen LogP contribution in [0.3, 0.4) is 0 Å². The molecule has 1 aromatic rings. The molecular formula is C44H72N8O12S.